The molecule has 3 aromatic rings. The average Bonchev–Trinajstić information content (AvgIpc) is 2.86. The number of carbonyl (C=O) groups is 1. The molecule has 2 aromatic carbocycles. The topological polar surface area (TPSA) is 51.7 Å². The second-order valence-electron chi connectivity index (χ2n) is 8.91. The number of anilines is 2. The summed E-state index contributed by atoms with van der Waals surface area (Å²) in [5.74, 6) is -0.215. The predicted octanol–water partition coefficient (Wildman–Crippen LogP) is 5.54. The van der Waals surface area contributed by atoms with Gasteiger partial charge in [0.15, 0.2) is 11.3 Å². The molecule has 1 saturated heterocycles. The number of benzene rings is 2. The number of nitrogens with zero attached hydrogens (tertiary/aromatic N) is 4. The second-order valence-corrected chi connectivity index (χ2v) is 11.6. The van der Waals surface area contributed by atoms with Crippen molar-refractivity contribution in [3.63, 3.8) is 0 Å². The first-order valence-corrected chi connectivity index (χ1v) is 13.2. The number of halogens is 3. The van der Waals surface area contributed by atoms with Gasteiger partial charge in [-0.1, -0.05) is 65.1 Å². The molecule has 1 aromatic heterocycles. The van der Waals surface area contributed by atoms with Gasteiger partial charge in [-0.2, -0.15) is 0 Å². The summed E-state index contributed by atoms with van der Waals surface area (Å²) in [6, 6.07) is 17.9. The Morgan fingerprint density at radius 3 is 2.64 bits per heavy atom. The fraction of sp³-hybridized carbons (Fsp3) is 0.346. The number of hydrogen-bond acceptors (Lipinski definition) is 4. The van der Waals surface area contributed by atoms with Crippen molar-refractivity contribution in [2.45, 2.75) is 29.2 Å². The van der Waals surface area contributed by atoms with Crippen LogP contribution in [-0.2, 0) is 11.2 Å². The minimum absolute atomic E-state index is 0.215. The van der Waals surface area contributed by atoms with Crippen molar-refractivity contribution in [1.29, 1.82) is 0 Å². The lowest BCUT2D eigenvalue weighted by Gasteiger charge is -2.44. The zero-order valence-corrected chi connectivity index (χ0v) is 23.2. The summed E-state index contributed by atoms with van der Waals surface area (Å²) in [4.78, 5) is 23.3. The van der Waals surface area contributed by atoms with Gasteiger partial charge in [0.05, 0.1) is 11.2 Å². The van der Waals surface area contributed by atoms with Crippen LogP contribution < -0.4 is 15.1 Å². The standard InChI is InChI=1S/C26H28Cl3N5OS/c1-32(2)20-10-3-7-18(17-20)12-13-22(35)31-24(26(27,28)29)34-16-6-15-33(25(34)36)21-11-4-8-19-9-5-14-30-23(19)21/h3-5,7-11,14,17,24H,6,12-13,15-16H2,1-2H3,(H,31,35). The summed E-state index contributed by atoms with van der Waals surface area (Å²) < 4.78 is -1.79. The van der Waals surface area contributed by atoms with Crippen LogP contribution in [0.15, 0.2) is 60.8 Å². The van der Waals surface area contributed by atoms with E-state index in [2.05, 4.69) is 16.4 Å². The van der Waals surface area contributed by atoms with E-state index in [0.29, 0.717) is 24.6 Å². The fourth-order valence-corrected chi connectivity index (χ4v) is 5.23. The van der Waals surface area contributed by atoms with Gasteiger partial charge in [0.25, 0.3) is 0 Å². The van der Waals surface area contributed by atoms with Gasteiger partial charge in [0, 0.05) is 50.9 Å². The second kappa shape index (κ2) is 11.4. The molecule has 2 heterocycles. The van der Waals surface area contributed by atoms with E-state index in [0.717, 1.165) is 34.3 Å². The van der Waals surface area contributed by atoms with Crippen LogP contribution >= 0.6 is 47.0 Å². The van der Waals surface area contributed by atoms with Gasteiger partial charge in [-0.05, 0) is 54.9 Å². The number of alkyl halides is 3. The SMILES string of the molecule is CN(C)c1cccc(CCC(=O)NC(N2CCCN(c3cccc4cccnc34)C2=S)C(Cl)(Cl)Cl)c1. The lowest BCUT2D eigenvalue weighted by molar-refractivity contribution is -0.122. The van der Waals surface area contributed by atoms with Gasteiger partial charge in [0.1, 0.15) is 0 Å². The van der Waals surface area contributed by atoms with E-state index >= 15 is 0 Å². The number of carbonyl (C=O) groups excluding carboxylic acids is 1. The first-order chi connectivity index (χ1) is 17.1. The summed E-state index contributed by atoms with van der Waals surface area (Å²) in [6.07, 6.45) is 2.44. The fourth-order valence-electron chi connectivity index (χ4n) is 4.32. The normalized spacial score (nSPS) is 15.2. The van der Waals surface area contributed by atoms with Crippen LogP contribution in [0.3, 0.4) is 0 Å². The van der Waals surface area contributed by atoms with E-state index in [1.54, 1.807) is 11.1 Å². The number of nitrogens with one attached hydrogen (secondary N) is 1. The Kier molecular flexibility index (Phi) is 8.45. The molecule has 4 rings (SSSR count). The van der Waals surface area contributed by atoms with Crippen LogP contribution in [0.2, 0.25) is 0 Å². The van der Waals surface area contributed by atoms with Crippen LogP contribution in [0.25, 0.3) is 10.9 Å². The van der Waals surface area contributed by atoms with E-state index in [1.165, 1.54) is 0 Å². The zero-order valence-electron chi connectivity index (χ0n) is 20.1. The molecule has 190 valence electrons. The van der Waals surface area contributed by atoms with Crippen molar-refractivity contribution >= 4 is 80.3 Å². The van der Waals surface area contributed by atoms with Crippen molar-refractivity contribution < 1.29 is 4.79 Å². The highest BCUT2D eigenvalue weighted by Gasteiger charge is 2.42. The molecule has 0 aliphatic carbocycles. The molecule has 1 aliphatic heterocycles. The summed E-state index contributed by atoms with van der Waals surface area (Å²) in [7, 11) is 3.97. The van der Waals surface area contributed by atoms with Gasteiger partial charge >= 0.3 is 0 Å². The number of pyridine rings is 1. The number of thiocarbonyl (C=S) groups is 1. The number of hydrogen-bond donors (Lipinski definition) is 1. The summed E-state index contributed by atoms with van der Waals surface area (Å²) in [5.41, 5.74) is 3.87. The zero-order chi connectivity index (χ0) is 25.9. The van der Waals surface area contributed by atoms with Crippen molar-refractivity contribution in [3.05, 3.63) is 66.4 Å². The molecule has 1 fully saturated rings. The van der Waals surface area contributed by atoms with Crippen LogP contribution in [0.5, 0.6) is 0 Å². The first kappa shape index (κ1) is 26.7. The van der Waals surface area contributed by atoms with E-state index in [1.807, 2.05) is 72.4 Å². The molecule has 1 atom stereocenters. The van der Waals surface area contributed by atoms with Crippen LogP contribution in [0, 0.1) is 0 Å². The predicted molar refractivity (Wildman–Crippen MR) is 154 cm³/mol. The van der Waals surface area contributed by atoms with Crippen molar-refractivity contribution in [2.24, 2.45) is 0 Å². The highest BCUT2D eigenvalue weighted by Crippen LogP contribution is 2.35. The Bertz CT molecular complexity index is 1240. The Morgan fingerprint density at radius 2 is 1.89 bits per heavy atom. The monoisotopic (exact) mass is 563 g/mol. The highest BCUT2D eigenvalue weighted by atomic mass is 35.6. The van der Waals surface area contributed by atoms with Gasteiger partial charge < -0.3 is 20.0 Å². The van der Waals surface area contributed by atoms with Gasteiger partial charge in [0.2, 0.25) is 9.70 Å². The van der Waals surface area contributed by atoms with Gasteiger partial charge in [-0.15, -0.1) is 0 Å². The molecule has 1 amide bonds. The third kappa shape index (κ3) is 6.14. The molecule has 0 bridgehead atoms. The van der Waals surface area contributed by atoms with Crippen molar-refractivity contribution in [1.82, 2.24) is 15.2 Å². The third-order valence-electron chi connectivity index (χ3n) is 6.15. The van der Waals surface area contributed by atoms with Gasteiger partial charge in [-0.25, -0.2) is 0 Å². The van der Waals surface area contributed by atoms with Gasteiger partial charge in [-0.3, -0.25) is 9.78 Å². The van der Waals surface area contributed by atoms with E-state index in [9.17, 15) is 4.79 Å². The summed E-state index contributed by atoms with van der Waals surface area (Å²) in [6.45, 7) is 1.25. The van der Waals surface area contributed by atoms with Crippen LogP contribution in [0.1, 0.15) is 18.4 Å². The lowest BCUT2D eigenvalue weighted by Crippen LogP contribution is -2.62. The largest absolute Gasteiger partial charge is 0.378 e. The average molecular weight is 565 g/mol. The highest BCUT2D eigenvalue weighted by molar-refractivity contribution is 7.80. The molecule has 0 saturated carbocycles. The molecule has 36 heavy (non-hydrogen) atoms. The maximum atomic E-state index is 13.0. The van der Waals surface area contributed by atoms with Crippen molar-refractivity contribution in [2.75, 3.05) is 37.0 Å². The van der Waals surface area contributed by atoms with E-state index in [-0.39, 0.29) is 12.3 Å². The molecule has 0 radical (unpaired) electrons. The van der Waals surface area contributed by atoms with Crippen LogP contribution in [0.4, 0.5) is 11.4 Å². The third-order valence-corrected chi connectivity index (χ3v) is 7.22. The number of aryl methyl sites for hydroxylation is 1. The lowest BCUT2D eigenvalue weighted by atomic mass is 10.1. The minimum atomic E-state index is -1.79. The molecule has 6 nitrogen and oxygen atoms in total. The summed E-state index contributed by atoms with van der Waals surface area (Å²) in [5, 5.41) is 4.42. The molecule has 0 spiro atoms. The Labute approximate surface area is 232 Å². The minimum Gasteiger partial charge on any atom is -0.378 e. The van der Waals surface area contributed by atoms with Crippen molar-refractivity contribution in [3.8, 4) is 0 Å². The smallest absolute Gasteiger partial charge is 0.228 e. The maximum absolute atomic E-state index is 13.0. The molecule has 1 N–H and O–H groups in total. The molecule has 1 aliphatic rings. The summed E-state index contributed by atoms with van der Waals surface area (Å²) >= 11 is 25.0. The Hall–Kier alpha value is -2.32. The number of amides is 1. The molecule has 10 heteroatoms. The van der Waals surface area contributed by atoms with Crippen LogP contribution in [-0.4, -0.2) is 58.0 Å². The molecule has 1 unspecified atom stereocenters. The molecular weight excluding hydrogens is 537 g/mol. The first-order valence-electron chi connectivity index (χ1n) is 11.7. The number of rotatable bonds is 7. The maximum Gasteiger partial charge on any atom is 0.228 e. The number of para-hydroxylation sites is 1. The Morgan fingerprint density at radius 1 is 1.14 bits per heavy atom. The quantitative estimate of drug-likeness (QED) is 0.300. The van der Waals surface area contributed by atoms with E-state index in [4.69, 9.17) is 47.0 Å². The molecular formula is C26H28Cl3N5OS. The van der Waals surface area contributed by atoms with E-state index < -0.39 is 9.96 Å². The Balaban J connectivity index is 1.50. The number of fused-ring (bicyclic) bond motifs is 1. The number of aromatic nitrogens is 1.